The van der Waals surface area contributed by atoms with E-state index in [9.17, 15) is 9.59 Å². The first-order valence-electron chi connectivity index (χ1n) is 7.65. The van der Waals surface area contributed by atoms with E-state index in [1.165, 1.54) is 10.9 Å². The molecule has 3 rings (SSSR count). The average Bonchev–Trinajstić information content (AvgIpc) is 3.25. The van der Waals surface area contributed by atoms with Crippen molar-refractivity contribution >= 4 is 23.5 Å². The highest BCUT2D eigenvalue weighted by molar-refractivity contribution is 6.30. The number of halogens is 1. The lowest BCUT2D eigenvalue weighted by Gasteiger charge is -2.29. The van der Waals surface area contributed by atoms with Crippen LogP contribution >= 0.6 is 11.6 Å². The first-order chi connectivity index (χ1) is 11.5. The van der Waals surface area contributed by atoms with E-state index >= 15 is 0 Å². The van der Waals surface area contributed by atoms with Gasteiger partial charge in [0.2, 0.25) is 5.91 Å². The maximum atomic E-state index is 12.7. The molecular weight excluding hydrogens is 332 g/mol. The number of carboxylic acid groups (broad SMARTS) is 1. The molecule has 0 saturated heterocycles. The molecule has 0 bridgehead atoms. The molecule has 1 saturated carbocycles. The zero-order valence-corrected chi connectivity index (χ0v) is 13.8. The fourth-order valence-corrected chi connectivity index (χ4v) is 2.81. The summed E-state index contributed by atoms with van der Waals surface area (Å²) in [4.78, 5) is 25.4. The van der Waals surface area contributed by atoms with E-state index in [0.29, 0.717) is 5.02 Å². The molecule has 0 unspecified atom stereocenters. The first-order valence-corrected chi connectivity index (χ1v) is 8.03. The van der Waals surface area contributed by atoms with Crippen molar-refractivity contribution in [2.24, 2.45) is 0 Å². The molecule has 1 amide bonds. The number of hydrogen-bond donors (Lipinski definition) is 1. The number of amides is 1. The largest absolute Gasteiger partial charge is 0.476 e. The number of carboxylic acids is 1. The van der Waals surface area contributed by atoms with Gasteiger partial charge in [-0.25, -0.2) is 9.48 Å². The molecule has 126 valence electrons. The number of carbonyl (C=O) groups is 2. The predicted octanol–water partition coefficient (Wildman–Crippen LogP) is 2.38. The molecule has 7 nitrogen and oxygen atoms in total. The Morgan fingerprint density at radius 2 is 2.04 bits per heavy atom. The van der Waals surface area contributed by atoms with Crippen LogP contribution in [0.5, 0.6) is 0 Å². The number of nitrogens with zero attached hydrogens (tertiary/aromatic N) is 4. The Hall–Kier alpha value is -2.41. The van der Waals surface area contributed by atoms with Gasteiger partial charge in [-0.3, -0.25) is 4.79 Å². The molecule has 1 aliphatic carbocycles. The molecule has 0 spiro atoms. The average molecular weight is 349 g/mol. The number of aromatic carboxylic acids is 1. The van der Waals surface area contributed by atoms with E-state index in [-0.39, 0.29) is 30.2 Å². The first kappa shape index (κ1) is 16.4. The fraction of sp³-hybridized carbons (Fsp3) is 0.375. The van der Waals surface area contributed by atoms with Gasteiger partial charge in [-0.15, -0.1) is 5.10 Å². The third-order valence-electron chi connectivity index (χ3n) is 4.05. The van der Waals surface area contributed by atoms with Gasteiger partial charge in [-0.1, -0.05) is 28.9 Å². The van der Waals surface area contributed by atoms with Crippen LogP contribution in [0.4, 0.5) is 0 Å². The standard InChI is InChI=1S/C16H17ClN4O3/c1-10(11-2-4-12(17)5-3-11)21(13-6-7-13)15(22)9-20-8-14(16(23)24)18-19-20/h2-5,8,10,13H,6-7,9H2,1H3,(H,23,24)/t10-/m1/s1. The van der Waals surface area contributed by atoms with E-state index in [2.05, 4.69) is 10.3 Å². The van der Waals surface area contributed by atoms with E-state index in [4.69, 9.17) is 16.7 Å². The maximum absolute atomic E-state index is 12.7. The van der Waals surface area contributed by atoms with E-state index in [1.807, 2.05) is 24.0 Å². The summed E-state index contributed by atoms with van der Waals surface area (Å²) in [5.74, 6) is -1.27. The van der Waals surface area contributed by atoms with Crippen LogP contribution in [0, 0.1) is 0 Å². The minimum atomic E-state index is -1.16. The van der Waals surface area contributed by atoms with E-state index in [0.717, 1.165) is 18.4 Å². The monoisotopic (exact) mass is 348 g/mol. The number of benzene rings is 1. The normalized spacial score (nSPS) is 15.1. The summed E-state index contributed by atoms with van der Waals surface area (Å²) in [6.07, 6.45) is 3.21. The van der Waals surface area contributed by atoms with Crippen LogP contribution in [-0.4, -0.2) is 42.9 Å². The zero-order valence-electron chi connectivity index (χ0n) is 13.1. The van der Waals surface area contributed by atoms with E-state index < -0.39 is 5.97 Å². The molecule has 1 N–H and O–H groups in total. The Bertz CT molecular complexity index is 755. The molecule has 0 aliphatic heterocycles. The zero-order chi connectivity index (χ0) is 17.3. The Kier molecular flexibility index (Phi) is 4.53. The third-order valence-corrected chi connectivity index (χ3v) is 4.30. The second-order valence-electron chi connectivity index (χ2n) is 5.87. The van der Waals surface area contributed by atoms with Crippen LogP contribution in [0.1, 0.15) is 41.9 Å². The van der Waals surface area contributed by atoms with Gasteiger partial charge in [-0.2, -0.15) is 0 Å². The molecule has 1 heterocycles. The Balaban J connectivity index is 1.75. The molecule has 1 fully saturated rings. The Morgan fingerprint density at radius 3 is 2.58 bits per heavy atom. The van der Waals surface area contributed by atoms with Gasteiger partial charge < -0.3 is 10.0 Å². The van der Waals surface area contributed by atoms with Gasteiger partial charge in [0.25, 0.3) is 0 Å². The molecule has 1 aliphatic rings. The summed E-state index contributed by atoms with van der Waals surface area (Å²) in [6, 6.07) is 7.55. The van der Waals surface area contributed by atoms with Gasteiger partial charge in [-0.05, 0) is 37.5 Å². The second kappa shape index (κ2) is 6.60. The second-order valence-corrected chi connectivity index (χ2v) is 6.30. The topological polar surface area (TPSA) is 88.3 Å². The lowest BCUT2D eigenvalue weighted by molar-refractivity contribution is -0.135. The third kappa shape index (κ3) is 3.56. The summed E-state index contributed by atoms with van der Waals surface area (Å²) in [7, 11) is 0. The molecule has 1 aromatic carbocycles. The van der Waals surface area contributed by atoms with Gasteiger partial charge in [0.05, 0.1) is 12.2 Å². The van der Waals surface area contributed by atoms with Crippen molar-refractivity contribution in [1.29, 1.82) is 0 Å². The van der Waals surface area contributed by atoms with Crippen LogP contribution in [0.15, 0.2) is 30.5 Å². The highest BCUT2D eigenvalue weighted by Crippen LogP contribution is 2.34. The van der Waals surface area contributed by atoms with Crippen LogP contribution in [0.2, 0.25) is 5.02 Å². The van der Waals surface area contributed by atoms with Crippen molar-refractivity contribution in [1.82, 2.24) is 19.9 Å². The number of rotatable bonds is 6. The lowest BCUT2D eigenvalue weighted by Crippen LogP contribution is -2.38. The van der Waals surface area contributed by atoms with Crippen molar-refractivity contribution in [2.45, 2.75) is 38.4 Å². The maximum Gasteiger partial charge on any atom is 0.358 e. The predicted molar refractivity (Wildman–Crippen MR) is 86.7 cm³/mol. The smallest absolute Gasteiger partial charge is 0.358 e. The highest BCUT2D eigenvalue weighted by atomic mass is 35.5. The molecule has 1 aromatic heterocycles. The number of hydrogen-bond acceptors (Lipinski definition) is 4. The van der Waals surface area contributed by atoms with Crippen molar-refractivity contribution < 1.29 is 14.7 Å². The van der Waals surface area contributed by atoms with Gasteiger partial charge in [0, 0.05) is 11.1 Å². The summed E-state index contributed by atoms with van der Waals surface area (Å²) in [6.45, 7) is 1.94. The van der Waals surface area contributed by atoms with Crippen LogP contribution in [0.3, 0.4) is 0 Å². The molecule has 8 heteroatoms. The van der Waals surface area contributed by atoms with Crippen molar-refractivity contribution in [3.8, 4) is 0 Å². The molecule has 24 heavy (non-hydrogen) atoms. The molecule has 0 radical (unpaired) electrons. The fourth-order valence-electron chi connectivity index (χ4n) is 2.68. The van der Waals surface area contributed by atoms with Crippen molar-refractivity contribution in [2.75, 3.05) is 0 Å². The van der Waals surface area contributed by atoms with Crippen molar-refractivity contribution in [3.63, 3.8) is 0 Å². The Morgan fingerprint density at radius 1 is 1.38 bits per heavy atom. The minimum Gasteiger partial charge on any atom is -0.476 e. The summed E-state index contributed by atoms with van der Waals surface area (Å²) in [5, 5.41) is 16.8. The highest BCUT2D eigenvalue weighted by Gasteiger charge is 2.36. The summed E-state index contributed by atoms with van der Waals surface area (Å²) >= 11 is 5.92. The summed E-state index contributed by atoms with van der Waals surface area (Å²) in [5.41, 5.74) is 0.830. The molecular formula is C16H17ClN4O3. The van der Waals surface area contributed by atoms with Gasteiger partial charge in [0.15, 0.2) is 5.69 Å². The molecule has 2 aromatic rings. The molecule has 1 atom stereocenters. The van der Waals surface area contributed by atoms with Gasteiger partial charge >= 0.3 is 5.97 Å². The van der Waals surface area contributed by atoms with E-state index in [1.54, 1.807) is 12.1 Å². The van der Waals surface area contributed by atoms with Gasteiger partial charge in [0.1, 0.15) is 6.54 Å². The lowest BCUT2D eigenvalue weighted by atomic mass is 10.1. The Labute approximate surface area is 143 Å². The quantitative estimate of drug-likeness (QED) is 0.865. The minimum absolute atomic E-state index is 0.0330. The summed E-state index contributed by atoms with van der Waals surface area (Å²) < 4.78 is 1.26. The van der Waals surface area contributed by atoms with Crippen molar-refractivity contribution in [3.05, 3.63) is 46.7 Å². The van der Waals surface area contributed by atoms with Crippen LogP contribution in [0.25, 0.3) is 0 Å². The van der Waals surface area contributed by atoms with Crippen LogP contribution < -0.4 is 0 Å². The van der Waals surface area contributed by atoms with Crippen LogP contribution in [-0.2, 0) is 11.3 Å². The number of aromatic nitrogens is 3. The number of carbonyl (C=O) groups excluding carboxylic acids is 1. The SMILES string of the molecule is C[C@H](c1ccc(Cl)cc1)N(C(=O)Cn1cc(C(=O)O)nn1)C1CC1.